The highest BCUT2D eigenvalue weighted by Gasteiger charge is 2.19. The van der Waals surface area contributed by atoms with Gasteiger partial charge in [-0.1, -0.05) is 170 Å². The average Bonchev–Trinajstić information content (AvgIpc) is 3.61. The SMILES string of the molecule is [2H]c1c([2H])c([2H])c2c(c1[2H])c(-c1ccc(-c3c4ccccc4c(-c4ccccc4-c4ccccc4)c4ccccc34)cc1)c([2H])c1c3ccccc3oc21. The first-order valence-corrected chi connectivity index (χ1v) is 16.4. The lowest BCUT2D eigenvalue weighted by Crippen LogP contribution is -1.92. The molecule has 0 saturated carbocycles. The molecule has 0 atom stereocenters. The Morgan fingerprint density at radius 3 is 1.55 bits per heavy atom. The molecule has 1 heterocycles. The first-order valence-electron chi connectivity index (χ1n) is 18.9. The van der Waals surface area contributed by atoms with E-state index in [2.05, 4.69) is 109 Å². The van der Waals surface area contributed by atoms with E-state index in [1.165, 1.54) is 16.7 Å². The Labute approximate surface area is 291 Å². The Hall–Kier alpha value is -6.44. The fourth-order valence-corrected chi connectivity index (χ4v) is 7.52. The Balaban J connectivity index is 1.23. The predicted octanol–water partition coefficient (Wildman–Crippen LogP) is 13.7. The molecule has 0 radical (unpaired) electrons. The first-order chi connectivity index (χ1) is 26.4. The number of benzene rings is 9. The van der Waals surface area contributed by atoms with Crippen molar-refractivity contribution in [1.82, 2.24) is 0 Å². The van der Waals surface area contributed by atoms with Gasteiger partial charge in [-0.3, -0.25) is 0 Å². The molecule has 0 saturated heterocycles. The zero-order chi connectivity index (χ0) is 36.7. The molecule has 0 aliphatic carbocycles. The molecule has 10 rings (SSSR count). The molecule has 0 bridgehead atoms. The third-order valence-electron chi connectivity index (χ3n) is 9.68. The molecule has 1 aromatic heterocycles. The van der Waals surface area contributed by atoms with E-state index >= 15 is 0 Å². The van der Waals surface area contributed by atoms with Crippen molar-refractivity contribution >= 4 is 54.3 Å². The van der Waals surface area contributed by atoms with E-state index in [1.54, 1.807) is 0 Å². The summed E-state index contributed by atoms with van der Waals surface area (Å²) in [7, 11) is 0. The molecular weight excluding hydrogens is 593 g/mol. The summed E-state index contributed by atoms with van der Waals surface area (Å²) >= 11 is 0. The minimum atomic E-state index is -0.341. The standard InChI is InChI=1S/C48H30O/c1-2-14-31(15-3-1)34-16-4-6-19-37(34)47-40-22-9-7-20-38(40)46(39-21-8-10-23-41(39)47)33-28-26-32(27-29-33)43-30-44-36-18-12-13-25-45(36)49-48(44)42-24-11-5-17-35(42)43/h1-30H/i5D,11D,17D,24D,30D. The summed E-state index contributed by atoms with van der Waals surface area (Å²) in [5, 5.41) is 6.36. The molecule has 0 unspecified atom stereocenters. The van der Waals surface area contributed by atoms with Gasteiger partial charge in [-0.05, 0) is 83.5 Å². The molecule has 1 heteroatoms. The summed E-state index contributed by atoms with van der Waals surface area (Å²) in [6.45, 7) is 0. The fourth-order valence-electron chi connectivity index (χ4n) is 7.52. The molecule has 0 fully saturated rings. The second-order valence-electron chi connectivity index (χ2n) is 12.4. The summed E-state index contributed by atoms with van der Waals surface area (Å²) in [5.41, 5.74) is 8.78. The summed E-state index contributed by atoms with van der Waals surface area (Å²) in [5.74, 6) is 0. The second kappa shape index (κ2) is 11.1. The lowest BCUT2D eigenvalue weighted by molar-refractivity contribution is 0.672. The van der Waals surface area contributed by atoms with Crippen LogP contribution < -0.4 is 0 Å². The summed E-state index contributed by atoms with van der Waals surface area (Å²) in [6.07, 6.45) is 0. The lowest BCUT2D eigenvalue weighted by Gasteiger charge is -2.20. The van der Waals surface area contributed by atoms with E-state index in [0.717, 1.165) is 43.6 Å². The van der Waals surface area contributed by atoms with Gasteiger partial charge < -0.3 is 4.42 Å². The lowest BCUT2D eigenvalue weighted by atomic mass is 9.83. The fraction of sp³-hybridized carbons (Fsp3) is 0. The van der Waals surface area contributed by atoms with Crippen molar-refractivity contribution in [2.24, 2.45) is 0 Å². The van der Waals surface area contributed by atoms with Crippen LogP contribution in [-0.4, -0.2) is 0 Å². The average molecular weight is 628 g/mol. The highest BCUT2D eigenvalue weighted by Crippen LogP contribution is 2.46. The molecule has 228 valence electrons. The summed E-state index contributed by atoms with van der Waals surface area (Å²) < 4.78 is 50.8. The third-order valence-corrected chi connectivity index (χ3v) is 9.68. The van der Waals surface area contributed by atoms with Gasteiger partial charge in [0.05, 0.1) is 6.85 Å². The van der Waals surface area contributed by atoms with E-state index in [-0.39, 0.29) is 41.0 Å². The molecule has 0 aliphatic rings. The Bertz CT molecular complexity index is 3090. The Morgan fingerprint density at radius 2 is 0.857 bits per heavy atom. The van der Waals surface area contributed by atoms with Gasteiger partial charge in [0.15, 0.2) is 0 Å². The van der Waals surface area contributed by atoms with Crippen LogP contribution in [0.25, 0.3) is 98.8 Å². The van der Waals surface area contributed by atoms with Gasteiger partial charge in [-0.25, -0.2) is 0 Å². The van der Waals surface area contributed by atoms with Crippen molar-refractivity contribution in [3.8, 4) is 44.5 Å². The van der Waals surface area contributed by atoms with E-state index in [0.29, 0.717) is 27.7 Å². The molecule has 0 amide bonds. The van der Waals surface area contributed by atoms with Crippen LogP contribution in [0.3, 0.4) is 0 Å². The van der Waals surface area contributed by atoms with Gasteiger partial charge in [0.1, 0.15) is 11.2 Å². The van der Waals surface area contributed by atoms with Gasteiger partial charge in [-0.15, -0.1) is 0 Å². The van der Waals surface area contributed by atoms with Crippen LogP contribution in [0.15, 0.2) is 186 Å². The molecule has 9 aromatic carbocycles. The van der Waals surface area contributed by atoms with Crippen LogP contribution in [0.2, 0.25) is 0 Å². The van der Waals surface area contributed by atoms with Crippen molar-refractivity contribution in [1.29, 1.82) is 0 Å². The highest BCUT2D eigenvalue weighted by atomic mass is 16.3. The predicted molar refractivity (Wildman–Crippen MR) is 208 cm³/mol. The minimum Gasteiger partial charge on any atom is -0.455 e. The zero-order valence-corrected chi connectivity index (χ0v) is 26.3. The zero-order valence-electron chi connectivity index (χ0n) is 31.3. The van der Waals surface area contributed by atoms with E-state index in [9.17, 15) is 1.37 Å². The molecule has 0 aliphatic heterocycles. The first kappa shape index (κ1) is 23.0. The maximum atomic E-state index is 9.55. The van der Waals surface area contributed by atoms with E-state index < -0.39 is 0 Å². The Kier molecular flexibility index (Phi) is 5.20. The largest absolute Gasteiger partial charge is 0.455 e. The van der Waals surface area contributed by atoms with Gasteiger partial charge in [-0.2, -0.15) is 0 Å². The van der Waals surface area contributed by atoms with Gasteiger partial charge in [0.2, 0.25) is 0 Å². The monoisotopic (exact) mass is 627 g/mol. The molecule has 1 nitrogen and oxygen atoms in total. The number of hydrogen-bond donors (Lipinski definition) is 0. The van der Waals surface area contributed by atoms with E-state index in [1.807, 2.05) is 42.5 Å². The topological polar surface area (TPSA) is 13.1 Å². The van der Waals surface area contributed by atoms with Crippen molar-refractivity contribution in [2.75, 3.05) is 0 Å². The number of hydrogen-bond acceptors (Lipinski definition) is 1. The van der Waals surface area contributed by atoms with Gasteiger partial charge in [0, 0.05) is 16.2 Å². The van der Waals surface area contributed by atoms with Crippen LogP contribution in [-0.2, 0) is 0 Å². The number of para-hydroxylation sites is 1. The Morgan fingerprint density at radius 1 is 0.347 bits per heavy atom. The maximum absolute atomic E-state index is 9.55. The van der Waals surface area contributed by atoms with Crippen molar-refractivity contribution in [3.05, 3.63) is 182 Å². The maximum Gasteiger partial charge on any atom is 0.143 e. The molecule has 10 aromatic rings. The molecular formula is C48H30O. The normalized spacial score (nSPS) is 13.1. The highest BCUT2D eigenvalue weighted by molar-refractivity contribution is 6.23. The quantitative estimate of drug-likeness (QED) is 0.177. The minimum absolute atomic E-state index is 0.164. The molecule has 0 N–H and O–H groups in total. The second-order valence-corrected chi connectivity index (χ2v) is 12.4. The van der Waals surface area contributed by atoms with Crippen LogP contribution in [0.5, 0.6) is 0 Å². The summed E-state index contributed by atoms with van der Waals surface area (Å²) in [6, 6.07) is 50.9. The van der Waals surface area contributed by atoms with E-state index in [4.69, 9.17) is 9.90 Å². The smallest absolute Gasteiger partial charge is 0.143 e. The van der Waals surface area contributed by atoms with Crippen molar-refractivity contribution in [3.63, 3.8) is 0 Å². The van der Waals surface area contributed by atoms with Gasteiger partial charge in [0.25, 0.3) is 0 Å². The molecule has 0 spiro atoms. The van der Waals surface area contributed by atoms with Crippen LogP contribution >= 0.6 is 0 Å². The van der Waals surface area contributed by atoms with Gasteiger partial charge >= 0.3 is 0 Å². The third kappa shape index (κ3) is 4.33. The number of fused-ring (bicyclic) bond motifs is 7. The van der Waals surface area contributed by atoms with Crippen LogP contribution in [0.1, 0.15) is 6.85 Å². The van der Waals surface area contributed by atoms with Crippen molar-refractivity contribution in [2.45, 2.75) is 0 Å². The molecule has 49 heavy (non-hydrogen) atoms. The van der Waals surface area contributed by atoms with Crippen LogP contribution in [0, 0.1) is 0 Å². The van der Waals surface area contributed by atoms with Crippen molar-refractivity contribution < 1.29 is 11.3 Å². The number of furan rings is 1. The summed E-state index contributed by atoms with van der Waals surface area (Å²) in [4.78, 5) is 0. The number of rotatable bonds is 4. The van der Waals surface area contributed by atoms with Crippen LogP contribution in [0.4, 0.5) is 0 Å².